The molecule has 1 aromatic carbocycles. The molecule has 2 N–H and O–H groups in total. The predicted octanol–water partition coefficient (Wildman–Crippen LogP) is 3.41. The quantitative estimate of drug-likeness (QED) is 0.743. The molecule has 0 aliphatic carbocycles. The van der Waals surface area contributed by atoms with Crippen LogP contribution in [-0.4, -0.2) is 13.2 Å². The van der Waals surface area contributed by atoms with Gasteiger partial charge in [-0.05, 0) is 43.1 Å². The van der Waals surface area contributed by atoms with Crippen molar-refractivity contribution in [2.24, 2.45) is 5.73 Å². The van der Waals surface area contributed by atoms with Crippen LogP contribution < -0.4 is 10.5 Å². The van der Waals surface area contributed by atoms with Crippen LogP contribution in [0.15, 0.2) is 18.2 Å². The van der Waals surface area contributed by atoms with Crippen LogP contribution in [0.5, 0.6) is 5.75 Å². The second kappa shape index (κ2) is 7.53. The van der Waals surface area contributed by atoms with Crippen LogP contribution in [0.1, 0.15) is 31.7 Å². The van der Waals surface area contributed by atoms with Crippen molar-refractivity contribution in [1.82, 2.24) is 0 Å². The number of hydrogen-bond donors (Lipinski definition) is 1. The van der Waals surface area contributed by atoms with Crippen LogP contribution in [0.2, 0.25) is 5.02 Å². The zero-order chi connectivity index (χ0) is 11.8. The van der Waals surface area contributed by atoms with Gasteiger partial charge in [-0.2, -0.15) is 0 Å². The molecule has 0 amide bonds. The number of benzene rings is 1. The number of nitrogens with two attached hydrogens (primary N) is 1. The van der Waals surface area contributed by atoms with Gasteiger partial charge >= 0.3 is 0 Å². The Morgan fingerprint density at radius 2 is 2.12 bits per heavy atom. The third kappa shape index (κ3) is 4.42. The fraction of sp³-hybridized carbons (Fsp3) is 0.538. The summed E-state index contributed by atoms with van der Waals surface area (Å²) in [4.78, 5) is 0. The summed E-state index contributed by atoms with van der Waals surface area (Å²) in [6.07, 6.45) is 4.32. The molecule has 0 saturated heterocycles. The Morgan fingerprint density at radius 1 is 1.31 bits per heavy atom. The Kier molecular flexibility index (Phi) is 6.27. The van der Waals surface area contributed by atoms with Crippen molar-refractivity contribution in [3.05, 3.63) is 28.8 Å². The average molecular weight is 242 g/mol. The SMILES string of the molecule is CCCCCOc1ccc(Cl)cc1CCN. The molecule has 1 rings (SSSR count). The molecular weight excluding hydrogens is 222 g/mol. The predicted molar refractivity (Wildman–Crippen MR) is 69.2 cm³/mol. The van der Waals surface area contributed by atoms with E-state index in [1.54, 1.807) is 0 Å². The summed E-state index contributed by atoms with van der Waals surface area (Å²) in [6, 6.07) is 5.72. The molecule has 0 spiro atoms. The van der Waals surface area contributed by atoms with Gasteiger partial charge in [-0.3, -0.25) is 0 Å². The fourth-order valence-electron chi connectivity index (χ4n) is 1.57. The molecule has 0 heterocycles. The van der Waals surface area contributed by atoms with E-state index < -0.39 is 0 Å². The maximum absolute atomic E-state index is 5.94. The minimum atomic E-state index is 0.617. The summed E-state index contributed by atoms with van der Waals surface area (Å²) in [5.74, 6) is 0.922. The highest BCUT2D eigenvalue weighted by Gasteiger charge is 2.03. The Balaban J connectivity index is 2.56. The van der Waals surface area contributed by atoms with E-state index in [9.17, 15) is 0 Å². The molecule has 3 heteroatoms. The van der Waals surface area contributed by atoms with Crippen LogP contribution in [0, 0.1) is 0 Å². The van der Waals surface area contributed by atoms with Crippen molar-refractivity contribution >= 4 is 11.6 Å². The Labute approximate surface area is 103 Å². The highest BCUT2D eigenvalue weighted by Crippen LogP contribution is 2.23. The third-order valence-corrected chi connectivity index (χ3v) is 2.68. The molecule has 0 aliphatic rings. The van der Waals surface area contributed by atoms with Gasteiger partial charge in [0.25, 0.3) is 0 Å². The minimum absolute atomic E-state index is 0.617. The van der Waals surface area contributed by atoms with Crippen LogP contribution in [0.4, 0.5) is 0 Å². The summed E-state index contributed by atoms with van der Waals surface area (Å²) in [5, 5.41) is 0.740. The monoisotopic (exact) mass is 241 g/mol. The van der Waals surface area contributed by atoms with Gasteiger partial charge in [0.05, 0.1) is 6.61 Å². The first-order valence-electron chi connectivity index (χ1n) is 5.89. The molecule has 0 unspecified atom stereocenters. The molecule has 0 radical (unpaired) electrons. The average Bonchev–Trinajstić information content (AvgIpc) is 2.27. The van der Waals surface area contributed by atoms with Gasteiger partial charge in [-0.15, -0.1) is 0 Å². The van der Waals surface area contributed by atoms with Gasteiger partial charge in [0, 0.05) is 5.02 Å². The van der Waals surface area contributed by atoms with E-state index in [4.69, 9.17) is 22.1 Å². The number of ether oxygens (including phenoxy) is 1. The van der Waals surface area contributed by atoms with Gasteiger partial charge in [0.15, 0.2) is 0 Å². The standard InChI is InChI=1S/C13H20ClNO/c1-2-3-4-9-16-13-6-5-12(14)10-11(13)7-8-15/h5-6,10H,2-4,7-9,15H2,1H3. The molecule has 0 saturated carbocycles. The molecule has 16 heavy (non-hydrogen) atoms. The molecule has 0 fully saturated rings. The lowest BCUT2D eigenvalue weighted by molar-refractivity contribution is 0.303. The second-order valence-corrected chi connectivity index (χ2v) is 4.28. The van der Waals surface area contributed by atoms with Crippen molar-refractivity contribution < 1.29 is 4.74 Å². The summed E-state index contributed by atoms with van der Waals surface area (Å²) in [7, 11) is 0. The van der Waals surface area contributed by atoms with Crippen molar-refractivity contribution in [3.63, 3.8) is 0 Å². The van der Waals surface area contributed by atoms with Crippen LogP contribution in [0.3, 0.4) is 0 Å². The first-order chi connectivity index (χ1) is 7.77. The van der Waals surface area contributed by atoms with E-state index in [0.717, 1.165) is 35.8 Å². The highest BCUT2D eigenvalue weighted by atomic mass is 35.5. The number of hydrogen-bond acceptors (Lipinski definition) is 2. The zero-order valence-electron chi connectivity index (χ0n) is 9.84. The van der Waals surface area contributed by atoms with E-state index in [0.29, 0.717) is 6.54 Å². The first-order valence-corrected chi connectivity index (χ1v) is 6.27. The zero-order valence-corrected chi connectivity index (χ0v) is 10.6. The summed E-state index contributed by atoms with van der Waals surface area (Å²) in [5.41, 5.74) is 6.66. The molecular formula is C13H20ClNO. The van der Waals surface area contributed by atoms with E-state index in [2.05, 4.69) is 6.92 Å². The molecule has 2 nitrogen and oxygen atoms in total. The van der Waals surface area contributed by atoms with Gasteiger partial charge in [-0.25, -0.2) is 0 Å². The van der Waals surface area contributed by atoms with Gasteiger partial charge in [0.1, 0.15) is 5.75 Å². The van der Waals surface area contributed by atoms with Gasteiger partial charge in [-0.1, -0.05) is 31.4 Å². The smallest absolute Gasteiger partial charge is 0.122 e. The largest absolute Gasteiger partial charge is 0.493 e. The van der Waals surface area contributed by atoms with Crippen molar-refractivity contribution in [2.45, 2.75) is 32.6 Å². The Morgan fingerprint density at radius 3 is 2.81 bits per heavy atom. The maximum atomic E-state index is 5.94. The lowest BCUT2D eigenvalue weighted by Crippen LogP contribution is -2.06. The summed E-state index contributed by atoms with van der Waals surface area (Å²) < 4.78 is 5.73. The summed E-state index contributed by atoms with van der Waals surface area (Å²) >= 11 is 5.94. The number of halogens is 1. The fourth-order valence-corrected chi connectivity index (χ4v) is 1.77. The lowest BCUT2D eigenvalue weighted by Gasteiger charge is -2.11. The molecule has 0 atom stereocenters. The van der Waals surface area contributed by atoms with E-state index in [1.165, 1.54) is 12.8 Å². The van der Waals surface area contributed by atoms with Crippen LogP contribution in [0.25, 0.3) is 0 Å². The molecule has 1 aromatic rings. The lowest BCUT2D eigenvalue weighted by atomic mass is 10.1. The van der Waals surface area contributed by atoms with Gasteiger partial charge < -0.3 is 10.5 Å². The molecule has 0 bridgehead atoms. The van der Waals surface area contributed by atoms with Crippen molar-refractivity contribution in [1.29, 1.82) is 0 Å². The van der Waals surface area contributed by atoms with Gasteiger partial charge in [0.2, 0.25) is 0 Å². The minimum Gasteiger partial charge on any atom is -0.493 e. The number of unbranched alkanes of at least 4 members (excludes halogenated alkanes) is 2. The molecule has 0 aliphatic heterocycles. The highest BCUT2D eigenvalue weighted by molar-refractivity contribution is 6.30. The summed E-state index contributed by atoms with van der Waals surface area (Å²) in [6.45, 7) is 3.57. The van der Waals surface area contributed by atoms with Crippen LogP contribution >= 0.6 is 11.6 Å². The maximum Gasteiger partial charge on any atom is 0.122 e. The number of rotatable bonds is 7. The normalized spacial score (nSPS) is 10.4. The molecule has 0 aromatic heterocycles. The van der Waals surface area contributed by atoms with E-state index in [1.807, 2.05) is 18.2 Å². The Bertz CT molecular complexity index is 315. The second-order valence-electron chi connectivity index (χ2n) is 3.85. The topological polar surface area (TPSA) is 35.2 Å². The Hall–Kier alpha value is -0.730. The third-order valence-electron chi connectivity index (χ3n) is 2.44. The van der Waals surface area contributed by atoms with E-state index >= 15 is 0 Å². The van der Waals surface area contributed by atoms with E-state index in [-0.39, 0.29) is 0 Å². The van der Waals surface area contributed by atoms with Crippen LogP contribution in [-0.2, 0) is 6.42 Å². The molecule has 90 valence electrons. The first kappa shape index (κ1) is 13.3. The van der Waals surface area contributed by atoms with Crippen molar-refractivity contribution in [2.75, 3.05) is 13.2 Å². The van der Waals surface area contributed by atoms with Crippen molar-refractivity contribution in [3.8, 4) is 5.75 Å².